The molecule has 4 rings (SSSR count). The Morgan fingerprint density at radius 1 is 0.862 bits per heavy atom. The van der Waals surface area contributed by atoms with Gasteiger partial charge in [0, 0.05) is 37.4 Å². The maximum absolute atomic E-state index is 12.4. The van der Waals surface area contributed by atoms with Crippen LogP contribution in [-0.4, -0.2) is 47.3 Å². The Bertz CT molecular complexity index is 980. The molecule has 0 aliphatic carbocycles. The van der Waals surface area contributed by atoms with Crippen molar-refractivity contribution in [2.45, 2.75) is 13.8 Å². The van der Waals surface area contributed by atoms with Crippen molar-refractivity contribution < 1.29 is 4.79 Å². The monoisotopic (exact) mass is 387 g/mol. The Kier molecular flexibility index (Phi) is 5.42. The van der Waals surface area contributed by atoms with Crippen LogP contribution in [-0.2, 0) is 0 Å². The first-order valence-electron chi connectivity index (χ1n) is 9.87. The summed E-state index contributed by atoms with van der Waals surface area (Å²) in [6.07, 6.45) is 0. The number of carbonyl (C=O) groups excluding carboxylic acids is 1. The maximum atomic E-state index is 12.4. The Morgan fingerprint density at radius 3 is 2.28 bits per heavy atom. The number of rotatable bonds is 3. The summed E-state index contributed by atoms with van der Waals surface area (Å²) in [6, 6.07) is 19.8. The number of anilines is 2. The Morgan fingerprint density at radius 2 is 1.62 bits per heavy atom. The van der Waals surface area contributed by atoms with Crippen LogP contribution in [0.4, 0.5) is 16.3 Å². The van der Waals surface area contributed by atoms with Crippen LogP contribution in [0.3, 0.4) is 0 Å². The van der Waals surface area contributed by atoms with Crippen LogP contribution in [0.1, 0.15) is 11.1 Å². The van der Waals surface area contributed by atoms with Crippen molar-refractivity contribution in [1.29, 1.82) is 0 Å². The van der Waals surface area contributed by atoms with Crippen LogP contribution in [0.2, 0.25) is 0 Å². The Hall–Kier alpha value is -3.41. The zero-order valence-corrected chi connectivity index (χ0v) is 16.8. The zero-order valence-electron chi connectivity index (χ0n) is 16.8. The van der Waals surface area contributed by atoms with Gasteiger partial charge < -0.3 is 15.1 Å². The first-order valence-corrected chi connectivity index (χ1v) is 9.87. The molecular formula is C23H25N5O. The molecule has 1 aliphatic rings. The molecule has 0 saturated carbocycles. The van der Waals surface area contributed by atoms with E-state index in [1.54, 1.807) is 0 Å². The number of benzene rings is 2. The summed E-state index contributed by atoms with van der Waals surface area (Å²) in [5.41, 5.74) is 5.28. The average molecular weight is 387 g/mol. The van der Waals surface area contributed by atoms with E-state index in [9.17, 15) is 4.79 Å². The lowest BCUT2D eigenvalue weighted by Crippen LogP contribution is -2.50. The van der Waals surface area contributed by atoms with Crippen molar-refractivity contribution in [2.24, 2.45) is 0 Å². The Labute approximate surface area is 171 Å². The normalized spacial score (nSPS) is 14.0. The minimum Gasteiger partial charge on any atom is -0.352 e. The van der Waals surface area contributed by atoms with Gasteiger partial charge in [0.2, 0.25) is 0 Å². The molecule has 1 aliphatic heterocycles. The number of aryl methyl sites for hydroxylation is 2. The third-order valence-electron chi connectivity index (χ3n) is 5.37. The summed E-state index contributed by atoms with van der Waals surface area (Å²) in [5.74, 6) is 0.848. The summed E-state index contributed by atoms with van der Waals surface area (Å²) in [5, 5.41) is 11.8. The zero-order chi connectivity index (χ0) is 20.2. The molecule has 3 aromatic rings. The van der Waals surface area contributed by atoms with Gasteiger partial charge in [0.1, 0.15) is 0 Å². The number of urea groups is 1. The van der Waals surface area contributed by atoms with E-state index in [0.29, 0.717) is 13.1 Å². The fourth-order valence-electron chi connectivity index (χ4n) is 3.41. The third-order valence-corrected chi connectivity index (χ3v) is 5.37. The van der Waals surface area contributed by atoms with Crippen molar-refractivity contribution >= 4 is 17.5 Å². The molecule has 0 bridgehead atoms. The van der Waals surface area contributed by atoms with E-state index in [2.05, 4.69) is 52.5 Å². The molecule has 1 N–H and O–H groups in total. The average Bonchev–Trinajstić information content (AvgIpc) is 2.77. The largest absolute Gasteiger partial charge is 0.352 e. The summed E-state index contributed by atoms with van der Waals surface area (Å²) >= 11 is 0. The van der Waals surface area contributed by atoms with E-state index in [1.165, 1.54) is 11.1 Å². The molecular weight excluding hydrogens is 362 g/mol. The number of amides is 2. The van der Waals surface area contributed by atoms with Gasteiger partial charge in [-0.2, -0.15) is 0 Å². The number of para-hydroxylation sites is 1. The van der Waals surface area contributed by atoms with Gasteiger partial charge in [0.25, 0.3) is 0 Å². The molecule has 2 amide bonds. The van der Waals surface area contributed by atoms with Crippen LogP contribution in [0.5, 0.6) is 0 Å². The van der Waals surface area contributed by atoms with Gasteiger partial charge >= 0.3 is 6.03 Å². The number of hydrogen-bond acceptors (Lipinski definition) is 4. The summed E-state index contributed by atoms with van der Waals surface area (Å²) in [4.78, 5) is 16.4. The number of hydrogen-bond donors (Lipinski definition) is 1. The number of carbonyl (C=O) groups is 1. The first kappa shape index (κ1) is 18.9. The van der Waals surface area contributed by atoms with Gasteiger partial charge in [0.15, 0.2) is 5.82 Å². The van der Waals surface area contributed by atoms with E-state index in [-0.39, 0.29) is 6.03 Å². The lowest BCUT2D eigenvalue weighted by atomic mass is 10.0. The van der Waals surface area contributed by atoms with Crippen LogP contribution >= 0.6 is 0 Å². The quantitative estimate of drug-likeness (QED) is 0.735. The second-order valence-electron chi connectivity index (χ2n) is 7.35. The molecule has 2 aromatic carbocycles. The molecule has 0 radical (unpaired) electrons. The van der Waals surface area contributed by atoms with Crippen molar-refractivity contribution in [2.75, 3.05) is 36.4 Å². The van der Waals surface area contributed by atoms with Crippen LogP contribution < -0.4 is 10.2 Å². The number of aromatic nitrogens is 2. The standard InChI is InChI=1S/C23H25N5O/c1-17-8-9-19(16-18(17)2)21-10-11-22(26-25-21)27-12-14-28(15-13-27)23(29)24-20-6-4-3-5-7-20/h3-11,16H,12-15H2,1-2H3,(H,24,29). The van der Waals surface area contributed by atoms with Crippen LogP contribution in [0.15, 0.2) is 60.7 Å². The second-order valence-corrected chi connectivity index (χ2v) is 7.35. The molecule has 1 saturated heterocycles. The van der Waals surface area contributed by atoms with Gasteiger partial charge in [0.05, 0.1) is 5.69 Å². The summed E-state index contributed by atoms with van der Waals surface area (Å²) in [7, 11) is 0. The molecule has 1 aromatic heterocycles. The molecule has 6 heteroatoms. The molecule has 29 heavy (non-hydrogen) atoms. The second kappa shape index (κ2) is 8.31. The fraction of sp³-hybridized carbons (Fsp3) is 0.261. The highest BCUT2D eigenvalue weighted by Gasteiger charge is 2.22. The maximum Gasteiger partial charge on any atom is 0.321 e. The Balaban J connectivity index is 1.36. The summed E-state index contributed by atoms with van der Waals surface area (Å²) < 4.78 is 0. The van der Waals surface area contributed by atoms with E-state index >= 15 is 0 Å². The van der Waals surface area contributed by atoms with Crippen molar-refractivity contribution in [1.82, 2.24) is 15.1 Å². The fourth-order valence-corrected chi connectivity index (χ4v) is 3.41. The van der Waals surface area contributed by atoms with Crippen molar-refractivity contribution in [3.8, 4) is 11.3 Å². The van der Waals surface area contributed by atoms with E-state index < -0.39 is 0 Å². The number of piperazine rings is 1. The van der Waals surface area contributed by atoms with E-state index in [4.69, 9.17) is 0 Å². The molecule has 1 fully saturated rings. The van der Waals surface area contributed by atoms with Crippen LogP contribution in [0, 0.1) is 13.8 Å². The number of nitrogens with zero attached hydrogens (tertiary/aromatic N) is 4. The lowest BCUT2D eigenvalue weighted by molar-refractivity contribution is 0.208. The highest BCUT2D eigenvalue weighted by molar-refractivity contribution is 5.89. The predicted octanol–water partition coefficient (Wildman–Crippen LogP) is 4.11. The van der Waals surface area contributed by atoms with Gasteiger partial charge in [-0.05, 0) is 55.3 Å². The minimum absolute atomic E-state index is 0.0629. The van der Waals surface area contributed by atoms with Crippen molar-refractivity contribution in [3.05, 3.63) is 71.8 Å². The number of nitrogens with one attached hydrogen (secondary N) is 1. The molecule has 6 nitrogen and oxygen atoms in total. The van der Waals surface area contributed by atoms with Gasteiger partial charge in [-0.15, -0.1) is 10.2 Å². The van der Waals surface area contributed by atoms with E-state index in [1.807, 2.05) is 47.4 Å². The minimum atomic E-state index is -0.0629. The first-order chi connectivity index (χ1) is 14.1. The van der Waals surface area contributed by atoms with Crippen molar-refractivity contribution in [3.63, 3.8) is 0 Å². The highest BCUT2D eigenvalue weighted by atomic mass is 16.2. The smallest absolute Gasteiger partial charge is 0.321 e. The molecule has 0 atom stereocenters. The van der Waals surface area contributed by atoms with Gasteiger partial charge in [-0.3, -0.25) is 0 Å². The molecule has 2 heterocycles. The summed E-state index contributed by atoms with van der Waals surface area (Å²) in [6.45, 7) is 6.99. The molecule has 0 spiro atoms. The van der Waals surface area contributed by atoms with Gasteiger partial charge in [-0.1, -0.05) is 30.3 Å². The lowest BCUT2D eigenvalue weighted by Gasteiger charge is -2.35. The predicted molar refractivity (Wildman–Crippen MR) is 116 cm³/mol. The topological polar surface area (TPSA) is 61.4 Å². The van der Waals surface area contributed by atoms with Crippen LogP contribution in [0.25, 0.3) is 11.3 Å². The highest BCUT2D eigenvalue weighted by Crippen LogP contribution is 2.22. The van der Waals surface area contributed by atoms with Gasteiger partial charge in [-0.25, -0.2) is 4.79 Å². The third kappa shape index (κ3) is 4.37. The SMILES string of the molecule is Cc1ccc(-c2ccc(N3CCN(C(=O)Nc4ccccc4)CC3)nn2)cc1C. The van der Waals surface area contributed by atoms with E-state index in [0.717, 1.165) is 35.9 Å². The molecule has 148 valence electrons. The molecule has 0 unspecified atom stereocenters.